The number of nitrogens with zero attached hydrogens (tertiary/aromatic N) is 1. The number of ketones is 1. The number of hydrogen-bond acceptors (Lipinski definition) is 3. The maximum atomic E-state index is 9.44. The number of carbonyl (C=O) groups excluding carboxylic acids is 1. The SMILES string of the molecule is CC(C)=O.CC(C)C=NO. The highest BCUT2D eigenvalue weighted by molar-refractivity contribution is 5.72. The summed E-state index contributed by atoms with van der Waals surface area (Å²) in [6.45, 7) is 6.94. The number of rotatable bonds is 1. The van der Waals surface area contributed by atoms with Crippen molar-refractivity contribution in [3.63, 3.8) is 0 Å². The van der Waals surface area contributed by atoms with E-state index >= 15 is 0 Å². The highest BCUT2D eigenvalue weighted by atomic mass is 16.4. The van der Waals surface area contributed by atoms with Gasteiger partial charge >= 0.3 is 0 Å². The normalized spacial score (nSPS) is 9.30. The van der Waals surface area contributed by atoms with Gasteiger partial charge in [0.2, 0.25) is 0 Å². The minimum Gasteiger partial charge on any atom is -0.411 e. The first-order valence-electron chi connectivity index (χ1n) is 3.15. The molecule has 0 fully saturated rings. The van der Waals surface area contributed by atoms with Crippen LogP contribution in [0.15, 0.2) is 5.16 Å². The van der Waals surface area contributed by atoms with E-state index in [-0.39, 0.29) is 5.78 Å². The molecular weight excluding hydrogens is 130 g/mol. The van der Waals surface area contributed by atoms with Crippen LogP contribution in [0.3, 0.4) is 0 Å². The molecule has 0 rings (SSSR count). The molecule has 0 aliphatic rings. The van der Waals surface area contributed by atoms with E-state index in [1.54, 1.807) is 0 Å². The summed E-state index contributed by atoms with van der Waals surface area (Å²) >= 11 is 0. The molecule has 3 heteroatoms. The van der Waals surface area contributed by atoms with E-state index in [1.165, 1.54) is 20.1 Å². The molecule has 0 aliphatic carbocycles. The molecule has 0 spiro atoms. The van der Waals surface area contributed by atoms with Crippen LogP contribution < -0.4 is 0 Å². The Balaban J connectivity index is 0. The fourth-order valence-electron chi connectivity index (χ4n) is 0.133. The molecule has 3 nitrogen and oxygen atoms in total. The van der Waals surface area contributed by atoms with Crippen molar-refractivity contribution in [1.82, 2.24) is 0 Å². The molecule has 0 amide bonds. The topological polar surface area (TPSA) is 49.7 Å². The number of Topliss-reactive ketones (excluding diaryl/α,β-unsaturated/α-hetero) is 1. The predicted octanol–water partition coefficient (Wildman–Crippen LogP) is 1.70. The molecule has 0 atom stereocenters. The first-order chi connectivity index (χ1) is 4.50. The van der Waals surface area contributed by atoms with E-state index in [0.29, 0.717) is 5.92 Å². The van der Waals surface area contributed by atoms with Gasteiger partial charge in [-0.05, 0) is 19.8 Å². The molecule has 0 unspecified atom stereocenters. The van der Waals surface area contributed by atoms with E-state index in [4.69, 9.17) is 5.21 Å². The van der Waals surface area contributed by atoms with Gasteiger partial charge in [0.15, 0.2) is 0 Å². The molecule has 0 heterocycles. The average molecular weight is 145 g/mol. The summed E-state index contributed by atoms with van der Waals surface area (Å²) in [6.07, 6.45) is 1.47. The van der Waals surface area contributed by atoms with Gasteiger partial charge in [-0.2, -0.15) is 0 Å². The van der Waals surface area contributed by atoms with Crippen molar-refractivity contribution in [2.75, 3.05) is 0 Å². The summed E-state index contributed by atoms with van der Waals surface area (Å²) in [6, 6.07) is 0. The molecule has 10 heavy (non-hydrogen) atoms. The molecule has 0 aromatic carbocycles. The third-order valence-electron chi connectivity index (χ3n) is 0.365. The molecule has 0 saturated carbocycles. The van der Waals surface area contributed by atoms with E-state index in [0.717, 1.165) is 0 Å². The van der Waals surface area contributed by atoms with Crippen molar-refractivity contribution < 1.29 is 10.0 Å². The van der Waals surface area contributed by atoms with Crippen molar-refractivity contribution in [2.24, 2.45) is 11.1 Å². The Hall–Kier alpha value is -0.860. The summed E-state index contributed by atoms with van der Waals surface area (Å²) in [5, 5.41) is 10.6. The van der Waals surface area contributed by atoms with Gasteiger partial charge in [-0.15, -0.1) is 5.16 Å². The molecule has 0 aromatic rings. The van der Waals surface area contributed by atoms with Gasteiger partial charge in [0, 0.05) is 6.21 Å². The van der Waals surface area contributed by atoms with Gasteiger partial charge in [-0.3, -0.25) is 0 Å². The Labute approximate surface area is 61.7 Å². The summed E-state index contributed by atoms with van der Waals surface area (Å²) in [5.74, 6) is 0.523. The summed E-state index contributed by atoms with van der Waals surface area (Å²) in [4.78, 5) is 9.44. The fourth-order valence-corrected chi connectivity index (χ4v) is 0.133. The molecule has 0 saturated heterocycles. The second-order valence-corrected chi connectivity index (χ2v) is 2.42. The Morgan fingerprint density at radius 2 is 1.80 bits per heavy atom. The largest absolute Gasteiger partial charge is 0.411 e. The van der Waals surface area contributed by atoms with Crippen LogP contribution in [0, 0.1) is 5.92 Å². The van der Waals surface area contributed by atoms with Crippen molar-refractivity contribution in [1.29, 1.82) is 0 Å². The lowest BCUT2D eigenvalue weighted by atomic mass is 10.3. The molecule has 0 aliphatic heterocycles. The Bertz CT molecular complexity index is 104. The molecule has 1 N–H and O–H groups in total. The second kappa shape index (κ2) is 8.14. The van der Waals surface area contributed by atoms with Crippen LogP contribution in [0.4, 0.5) is 0 Å². The molecule has 0 aromatic heterocycles. The Morgan fingerprint density at radius 3 is 1.80 bits per heavy atom. The smallest absolute Gasteiger partial charge is 0.126 e. The van der Waals surface area contributed by atoms with Crippen LogP contribution in [0.5, 0.6) is 0 Å². The van der Waals surface area contributed by atoms with Crippen molar-refractivity contribution in [3.05, 3.63) is 0 Å². The standard InChI is InChI=1S/C4H9NO.C3H6O/c1-4(2)3-5-6;1-3(2)4/h3-4,6H,1-2H3;1-2H3. The molecule has 0 bridgehead atoms. The minimum atomic E-state index is 0.167. The zero-order chi connectivity index (χ0) is 8.57. The summed E-state index contributed by atoms with van der Waals surface area (Å²) < 4.78 is 0. The van der Waals surface area contributed by atoms with Crippen LogP contribution in [-0.2, 0) is 4.79 Å². The van der Waals surface area contributed by atoms with E-state index in [2.05, 4.69) is 5.16 Å². The molecule has 0 radical (unpaired) electrons. The highest BCUT2D eigenvalue weighted by Gasteiger charge is 1.79. The maximum absolute atomic E-state index is 9.44. The van der Waals surface area contributed by atoms with E-state index in [1.807, 2.05) is 13.8 Å². The van der Waals surface area contributed by atoms with Gasteiger partial charge in [0.05, 0.1) is 0 Å². The lowest BCUT2D eigenvalue weighted by Gasteiger charge is -1.84. The average Bonchev–Trinajstić information content (AvgIpc) is 1.62. The third kappa shape index (κ3) is 58.8. The number of oxime groups is 1. The number of carbonyl (C=O) groups is 1. The zero-order valence-corrected chi connectivity index (χ0v) is 6.96. The lowest BCUT2D eigenvalue weighted by molar-refractivity contribution is -0.114. The van der Waals surface area contributed by atoms with Crippen LogP contribution in [0.1, 0.15) is 27.7 Å². The second-order valence-electron chi connectivity index (χ2n) is 2.42. The van der Waals surface area contributed by atoms with Crippen LogP contribution >= 0.6 is 0 Å². The van der Waals surface area contributed by atoms with Crippen LogP contribution in [-0.4, -0.2) is 17.2 Å². The number of hydrogen-bond donors (Lipinski definition) is 1. The molecular formula is C7H15NO2. The van der Waals surface area contributed by atoms with Crippen LogP contribution in [0.25, 0.3) is 0 Å². The fraction of sp³-hybridized carbons (Fsp3) is 0.714. The van der Waals surface area contributed by atoms with Gasteiger partial charge < -0.3 is 10.0 Å². The Morgan fingerprint density at radius 1 is 1.50 bits per heavy atom. The third-order valence-corrected chi connectivity index (χ3v) is 0.365. The summed E-state index contributed by atoms with van der Waals surface area (Å²) in [5.41, 5.74) is 0. The van der Waals surface area contributed by atoms with Gasteiger partial charge in [0.1, 0.15) is 5.78 Å². The summed E-state index contributed by atoms with van der Waals surface area (Å²) in [7, 11) is 0. The lowest BCUT2D eigenvalue weighted by Crippen LogP contribution is -1.84. The van der Waals surface area contributed by atoms with Crippen molar-refractivity contribution in [2.45, 2.75) is 27.7 Å². The highest BCUT2D eigenvalue weighted by Crippen LogP contribution is 1.81. The quantitative estimate of drug-likeness (QED) is 0.347. The van der Waals surface area contributed by atoms with Gasteiger partial charge in [-0.1, -0.05) is 13.8 Å². The predicted molar refractivity (Wildman–Crippen MR) is 41.5 cm³/mol. The van der Waals surface area contributed by atoms with Gasteiger partial charge in [0.25, 0.3) is 0 Å². The van der Waals surface area contributed by atoms with Gasteiger partial charge in [-0.25, -0.2) is 0 Å². The van der Waals surface area contributed by atoms with E-state index < -0.39 is 0 Å². The van der Waals surface area contributed by atoms with Crippen molar-refractivity contribution >= 4 is 12.0 Å². The maximum Gasteiger partial charge on any atom is 0.126 e. The zero-order valence-electron chi connectivity index (χ0n) is 6.96. The van der Waals surface area contributed by atoms with E-state index in [9.17, 15) is 4.79 Å². The minimum absolute atomic E-state index is 0.167. The first kappa shape index (κ1) is 11.9. The molecule has 60 valence electrons. The van der Waals surface area contributed by atoms with Crippen molar-refractivity contribution in [3.8, 4) is 0 Å². The first-order valence-corrected chi connectivity index (χ1v) is 3.15. The Kier molecular flexibility index (Phi) is 9.67. The van der Waals surface area contributed by atoms with Crippen LogP contribution in [0.2, 0.25) is 0 Å². The monoisotopic (exact) mass is 145 g/mol.